The lowest BCUT2D eigenvalue weighted by molar-refractivity contribution is 0.198. The van der Waals surface area contributed by atoms with E-state index >= 15 is 0 Å². The highest BCUT2D eigenvalue weighted by molar-refractivity contribution is 5.30. The molecule has 0 radical (unpaired) electrons. The van der Waals surface area contributed by atoms with Gasteiger partial charge in [-0.15, -0.1) is 0 Å². The van der Waals surface area contributed by atoms with E-state index in [0.29, 0.717) is 6.04 Å². The van der Waals surface area contributed by atoms with Gasteiger partial charge in [0.2, 0.25) is 5.95 Å². The van der Waals surface area contributed by atoms with Crippen molar-refractivity contribution in [1.29, 1.82) is 0 Å². The second-order valence-corrected chi connectivity index (χ2v) is 5.02. The molecule has 1 fully saturated rings. The van der Waals surface area contributed by atoms with E-state index in [-0.39, 0.29) is 0 Å². The van der Waals surface area contributed by atoms with Crippen LogP contribution in [0.2, 0.25) is 0 Å². The highest BCUT2D eigenvalue weighted by Gasteiger charge is 2.22. The Balaban J connectivity index is 1.61. The lowest BCUT2D eigenvalue weighted by Gasteiger charge is -2.38. The molecule has 0 spiro atoms. The largest absolute Gasteiger partial charge is 0.340 e. The summed E-state index contributed by atoms with van der Waals surface area (Å²) >= 11 is 0. The molecule has 0 aliphatic carbocycles. The summed E-state index contributed by atoms with van der Waals surface area (Å²) in [7, 11) is 0. The third kappa shape index (κ3) is 2.63. The molecule has 0 amide bonds. The molecular weight excluding hydrogens is 236 g/mol. The number of aromatic amines is 1. The number of nitrogens with one attached hydrogen (secondary N) is 1. The lowest BCUT2D eigenvalue weighted by atomic mass is 10.1. The second kappa shape index (κ2) is 5.45. The van der Waals surface area contributed by atoms with E-state index in [0.717, 1.165) is 32.1 Å². The zero-order valence-corrected chi connectivity index (χ0v) is 11.3. The van der Waals surface area contributed by atoms with E-state index in [1.807, 2.05) is 12.4 Å². The topological polar surface area (TPSA) is 35.2 Å². The quantitative estimate of drug-likeness (QED) is 0.915. The Morgan fingerprint density at radius 3 is 2.47 bits per heavy atom. The molecule has 19 heavy (non-hydrogen) atoms. The maximum Gasteiger partial charge on any atom is 0.202 e. The van der Waals surface area contributed by atoms with Crippen LogP contribution in [-0.2, 0) is 0 Å². The van der Waals surface area contributed by atoms with Gasteiger partial charge in [0, 0.05) is 44.6 Å². The second-order valence-electron chi connectivity index (χ2n) is 5.02. The van der Waals surface area contributed by atoms with Gasteiger partial charge in [0.05, 0.1) is 0 Å². The first-order valence-corrected chi connectivity index (χ1v) is 6.88. The van der Waals surface area contributed by atoms with Gasteiger partial charge in [0.1, 0.15) is 0 Å². The summed E-state index contributed by atoms with van der Waals surface area (Å²) in [5.74, 6) is 0.993. The summed E-state index contributed by atoms with van der Waals surface area (Å²) in [5, 5.41) is 0. The Labute approximate surface area is 114 Å². The lowest BCUT2D eigenvalue weighted by Crippen LogP contribution is -2.47. The van der Waals surface area contributed by atoms with E-state index in [1.165, 1.54) is 5.56 Å². The minimum absolute atomic E-state index is 0.486. The molecule has 1 aliphatic heterocycles. The van der Waals surface area contributed by atoms with Crippen LogP contribution in [0.3, 0.4) is 0 Å². The van der Waals surface area contributed by atoms with Crippen LogP contribution in [0, 0.1) is 0 Å². The Bertz CT molecular complexity index is 486. The van der Waals surface area contributed by atoms with Gasteiger partial charge >= 0.3 is 0 Å². The van der Waals surface area contributed by atoms with Gasteiger partial charge in [-0.3, -0.25) is 4.90 Å². The SMILES string of the molecule is CC(c1ccccc1)N1CCN(c2ncc[nH]2)CC1. The summed E-state index contributed by atoms with van der Waals surface area (Å²) < 4.78 is 0. The zero-order valence-electron chi connectivity index (χ0n) is 11.3. The summed E-state index contributed by atoms with van der Waals surface area (Å²) in [6.07, 6.45) is 3.70. The van der Waals surface area contributed by atoms with Crippen LogP contribution in [0.5, 0.6) is 0 Å². The van der Waals surface area contributed by atoms with Crippen molar-refractivity contribution in [2.45, 2.75) is 13.0 Å². The first-order valence-electron chi connectivity index (χ1n) is 6.88. The number of hydrogen-bond acceptors (Lipinski definition) is 3. The van der Waals surface area contributed by atoms with E-state index in [9.17, 15) is 0 Å². The molecule has 1 unspecified atom stereocenters. The maximum atomic E-state index is 4.32. The van der Waals surface area contributed by atoms with Gasteiger partial charge in [-0.05, 0) is 12.5 Å². The first-order chi connectivity index (χ1) is 9.34. The van der Waals surface area contributed by atoms with Crippen molar-refractivity contribution in [3.63, 3.8) is 0 Å². The Morgan fingerprint density at radius 2 is 1.84 bits per heavy atom. The fourth-order valence-electron chi connectivity index (χ4n) is 2.69. The molecule has 1 aromatic heterocycles. The number of H-pyrrole nitrogens is 1. The maximum absolute atomic E-state index is 4.32. The van der Waals surface area contributed by atoms with E-state index in [2.05, 4.69) is 57.0 Å². The molecule has 1 N–H and O–H groups in total. The molecule has 1 aromatic carbocycles. The Kier molecular flexibility index (Phi) is 3.51. The summed E-state index contributed by atoms with van der Waals surface area (Å²) in [5.41, 5.74) is 1.40. The van der Waals surface area contributed by atoms with Crippen LogP contribution in [0.15, 0.2) is 42.7 Å². The number of imidazole rings is 1. The minimum Gasteiger partial charge on any atom is -0.340 e. The predicted molar refractivity (Wildman–Crippen MR) is 77.2 cm³/mol. The number of aromatic nitrogens is 2. The number of nitrogens with zero attached hydrogens (tertiary/aromatic N) is 3. The fourth-order valence-corrected chi connectivity index (χ4v) is 2.69. The average Bonchev–Trinajstić information content (AvgIpc) is 3.02. The standard InChI is InChI=1S/C15H20N4/c1-13(14-5-3-2-4-6-14)18-9-11-19(12-10-18)15-16-7-8-17-15/h2-8,13H,9-12H2,1H3,(H,16,17). The molecule has 2 heterocycles. The Hall–Kier alpha value is -1.81. The van der Waals surface area contributed by atoms with Crippen LogP contribution < -0.4 is 4.90 Å². The van der Waals surface area contributed by atoms with Crippen molar-refractivity contribution in [1.82, 2.24) is 14.9 Å². The monoisotopic (exact) mass is 256 g/mol. The Morgan fingerprint density at radius 1 is 1.11 bits per heavy atom. The molecule has 4 heteroatoms. The molecule has 4 nitrogen and oxygen atoms in total. The van der Waals surface area contributed by atoms with Crippen LogP contribution in [-0.4, -0.2) is 41.0 Å². The van der Waals surface area contributed by atoms with Gasteiger partial charge in [-0.25, -0.2) is 4.98 Å². The van der Waals surface area contributed by atoms with Crippen LogP contribution in [0.25, 0.3) is 0 Å². The summed E-state index contributed by atoms with van der Waals surface area (Å²) in [6, 6.07) is 11.2. The van der Waals surface area contributed by atoms with Crippen LogP contribution in [0.1, 0.15) is 18.5 Å². The van der Waals surface area contributed by atoms with Crippen LogP contribution >= 0.6 is 0 Å². The van der Waals surface area contributed by atoms with Gasteiger partial charge in [0.25, 0.3) is 0 Å². The normalized spacial score (nSPS) is 18.5. The van der Waals surface area contributed by atoms with Gasteiger partial charge in [0.15, 0.2) is 0 Å². The van der Waals surface area contributed by atoms with E-state index in [4.69, 9.17) is 0 Å². The minimum atomic E-state index is 0.486. The summed E-state index contributed by atoms with van der Waals surface area (Å²) in [6.45, 7) is 6.51. The number of rotatable bonds is 3. The van der Waals surface area contributed by atoms with E-state index < -0.39 is 0 Å². The van der Waals surface area contributed by atoms with Crippen molar-refractivity contribution >= 4 is 5.95 Å². The number of anilines is 1. The highest BCUT2D eigenvalue weighted by atomic mass is 15.3. The zero-order chi connectivity index (χ0) is 13.1. The van der Waals surface area contributed by atoms with Crippen molar-refractivity contribution in [2.24, 2.45) is 0 Å². The van der Waals surface area contributed by atoms with Crippen molar-refractivity contribution in [3.8, 4) is 0 Å². The summed E-state index contributed by atoms with van der Waals surface area (Å²) in [4.78, 5) is 12.3. The number of benzene rings is 1. The highest BCUT2D eigenvalue weighted by Crippen LogP contribution is 2.22. The van der Waals surface area contributed by atoms with Crippen LogP contribution in [0.4, 0.5) is 5.95 Å². The fraction of sp³-hybridized carbons (Fsp3) is 0.400. The number of hydrogen-bond donors (Lipinski definition) is 1. The molecule has 1 atom stereocenters. The molecule has 0 saturated carbocycles. The van der Waals surface area contributed by atoms with Gasteiger partial charge in [-0.1, -0.05) is 30.3 Å². The molecule has 1 saturated heterocycles. The average molecular weight is 256 g/mol. The molecule has 100 valence electrons. The third-order valence-corrected chi connectivity index (χ3v) is 3.93. The van der Waals surface area contributed by atoms with Gasteiger partial charge in [-0.2, -0.15) is 0 Å². The molecule has 1 aliphatic rings. The predicted octanol–water partition coefficient (Wildman–Crippen LogP) is 2.29. The molecule has 3 rings (SSSR count). The van der Waals surface area contributed by atoms with Gasteiger partial charge < -0.3 is 9.88 Å². The van der Waals surface area contributed by atoms with Crippen molar-refractivity contribution in [2.75, 3.05) is 31.1 Å². The van der Waals surface area contributed by atoms with Crippen molar-refractivity contribution < 1.29 is 0 Å². The number of piperazine rings is 1. The van der Waals surface area contributed by atoms with E-state index in [1.54, 1.807) is 0 Å². The molecule has 2 aromatic rings. The smallest absolute Gasteiger partial charge is 0.202 e. The molecule has 0 bridgehead atoms. The first kappa shape index (κ1) is 12.2. The third-order valence-electron chi connectivity index (χ3n) is 3.93. The van der Waals surface area contributed by atoms with Crippen molar-refractivity contribution in [3.05, 3.63) is 48.3 Å². The molecular formula is C15H20N4.